The first-order valence-corrected chi connectivity index (χ1v) is 14.2. The van der Waals surface area contributed by atoms with Crippen molar-refractivity contribution in [2.45, 2.75) is 46.0 Å². The summed E-state index contributed by atoms with van der Waals surface area (Å²) in [4.78, 5) is 39.5. The summed E-state index contributed by atoms with van der Waals surface area (Å²) in [6.45, 7) is 10.6. The molecule has 1 N–H and O–H groups in total. The molecule has 0 spiro atoms. The van der Waals surface area contributed by atoms with E-state index in [2.05, 4.69) is 65.2 Å². The van der Waals surface area contributed by atoms with Crippen LogP contribution >= 0.6 is 0 Å². The SMILES string of the molecule is CC(C)C1COC(=O)N1c1ccnc(N[C@@H](C)c2ccc(CN3CCN(C(=O)OCc4ccccc4)CC3)cc2)n1. The Kier molecular flexibility index (Phi) is 8.98. The Hall–Kier alpha value is -4.18. The van der Waals surface area contributed by atoms with Crippen molar-refractivity contribution in [3.63, 3.8) is 0 Å². The van der Waals surface area contributed by atoms with Gasteiger partial charge in [0, 0.05) is 38.9 Å². The third kappa shape index (κ3) is 7.13. The van der Waals surface area contributed by atoms with Crippen LogP contribution in [0.2, 0.25) is 0 Å². The van der Waals surface area contributed by atoms with Crippen LogP contribution in [0.25, 0.3) is 0 Å². The van der Waals surface area contributed by atoms with Crippen LogP contribution < -0.4 is 10.2 Å². The predicted molar refractivity (Wildman–Crippen MR) is 156 cm³/mol. The molecule has 10 nitrogen and oxygen atoms in total. The minimum absolute atomic E-state index is 0.0313. The summed E-state index contributed by atoms with van der Waals surface area (Å²) in [7, 11) is 0. The zero-order valence-electron chi connectivity index (χ0n) is 23.9. The molecule has 2 amide bonds. The summed E-state index contributed by atoms with van der Waals surface area (Å²) < 4.78 is 10.8. The zero-order chi connectivity index (χ0) is 28.8. The molecule has 5 rings (SSSR count). The van der Waals surface area contributed by atoms with E-state index in [0.29, 0.717) is 38.1 Å². The second kappa shape index (κ2) is 13.0. The highest BCUT2D eigenvalue weighted by atomic mass is 16.6. The number of carbonyl (C=O) groups is 2. The number of hydrogen-bond donors (Lipinski definition) is 1. The summed E-state index contributed by atoms with van der Waals surface area (Å²) in [5, 5.41) is 3.36. The summed E-state index contributed by atoms with van der Waals surface area (Å²) in [6.07, 6.45) is 1.03. The standard InChI is InChI=1S/C31H38N6O4/c1-22(2)27-21-41-31(39)37(27)28-13-14-32-29(34-28)33-23(3)26-11-9-24(10-12-26)19-35-15-17-36(18-16-35)30(38)40-20-25-7-5-4-6-8-25/h4-14,22-23,27H,15-21H2,1-3H3,(H,32,33,34)/t23-,27?/m0/s1. The van der Waals surface area contributed by atoms with E-state index in [9.17, 15) is 9.59 Å². The Morgan fingerprint density at radius 1 is 1.00 bits per heavy atom. The van der Waals surface area contributed by atoms with Crippen LogP contribution in [0.1, 0.15) is 43.5 Å². The average Bonchev–Trinajstić information content (AvgIpc) is 3.39. The first kappa shape index (κ1) is 28.4. The topological polar surface area (TPSA) is 100 Å². The smallest absolute Gasteiger partial charge is 0.415 e. The molecule has 0 aliphatic carbocycles. The molecule has 3 aromatic rings. The summed E-state index contributed by atoms with van der Waals surface area (Å²) in [5.41, 5.74) is 3.31. The monoisotopic (exact) mass is 558 g/mol. The van der Waals surface area contributed by atoms with Crippen LogP contribution in [-0.2, 0) is 22.6 Å². The van der Waals surface area contributed by atoms with Crippen molar-refractivity contribution in [3.05, 3.63) is 83.6 Å². The molecule has 1 unspecified atom stereocenters. The summed E-state index contributed by atoms with van der Waals surface area (Å²) in [5.74, 6) is 1.24. The first-order chi connectivity index (χ1) is 19.9. The van der Waals surface area contributed by atoms with Crippen molar-refractivity contribution in [2.24, 2.45) is 5.92 Å². The fourth-order valence-electron chi connectivity index (χ4n) is 5.09. The quantitative estimate of drug-likeness (QED) is 0.388. The summed E-state index contributed by atoms with van der Waals surface area (Å²) >= 11 is 0. The van der Waals surface area contributed by atoms with E-state index in [1.165, 1.54) is 5.56 Å². The molecule has 2 aromatic carbocycles. The lowest BCUT2D eigenvalue weighted by Crippen LogP contribution is -2.48. The number of amides is 2. The number of piperazine rings is 1. The number of ether oxygens (including phenoxy) is 2. The number of nitrogens with one attached hydrogen (secondary N) is 1. The van der Waals surface area contributed by atoms with Crippen molar-refractivity contribution in [1.82, 2.24) is 19.8 Å². The molecule has 0 saturated carbocycles. The van der Waals surface area contributed by atoms with Crippen molar-refractivity contribution in [3.8, 4) is 0 Å². The molecular formula is C31H38N6O4. The maximum absolute atomic E-state index is 12.5. The summed E-state index contributed by atoms with van der Waals surface area (Å²) in [6, 6.07) is 19.9. The fraction of sp³-hybridized carbons (Fsp3) is 0.419. The number of hydrogen-bond acceptors (Lipinski definition) is 8. The van der Waals surface area contributed by atoms with Crippen molar-refractivity contribution >= 4 is 24.0 Å². The first-order valence-electron chi connectivity index (χ1n) is 14.2. The van der Waals surface area contributed by atoms with Crippen molar-refractivity contribution in [2.75, 3.05) is 43.0 Å². The van der Waals surface area contributed by atoms with Crippen molar-refractivity contribution < 1.29 is 19.1 Å². The number of cyclic esters (lactones) is 1. The Morgan fingerprint density at radius 2 is 1.73 bits per heavy atom. The molecular weight excluding hydrogens is 520 g/mol. The maximum atomic E-state index is 12.5. The minimum atomic E-state index is -0.374. The highest BCUT2D eigenvalue weighted by Gasteiger charge is 2.37. The van der Waals surface area contributed by atoms with E-state index < -0.39 is 0 Å². The lowest BCUT2D eigenvalue weighted by Gasteiger charge is -2.34. The van der Waals surface area contributed by atoms with Gasteiger partial charge < -0.3 is 19.7 Å². The third-order valence-electron chi connectivity index (χ3n) is 7.63. The number of aromatic nitrogens is 2. The Balaban J connectivity index is 1.10. The van der Waals surface area contributed by atoms with Crippen LogP contribution in [0, 0.1) is 5.92 Å². The van der Waals surface area contributed by atoms with Crippen LogP contribution in [-0.4, -0.2) is 70.8 Å². The Labute approximate surface area is 241 Å². The van der Waals surface area contributed by atoms with E-state index in [1.54, 1.807) is 22.1 Å². The molecule has 216 valence electrons. The lowest BCUT2D eigenvalue weighted by molar-refractivity contribution is 0.0700. The molecule has 41 heavy (non-hydrogen) atoms. The highest BCUT2D eigenvalue weighted by Crippen LogP contribution is 2.27. The highest BCUT2D eigenvalue weighted by molar-refractivity contribution is 5.89. The third-order valence-corrected chi connectivity index (χ3v) is 7.63. The molecule has 2 aliphatic heterocycles. The molecule has 10 heteroatoms. The predicted octanol–water partition coefficient (Wildman–Crippen LogP) is 5.09. The van der Waals surface area contributed by atoms with Crippen LogP contribution in [0.5, 0.6) is 0 Å². The minimum Gasteiger partial charge on any atom is -0.447 e. The second-order valence-corrected chi connectivity index (χ2v) is 10.9. The van der Waals surface area contributed by atoms with E-state index in [0.717, 1.165) is 30.8 Å². The normalized spacial score (nSPS) is 18.3. The van der Waals surface area contributed by atoms with E-state index in [4.69, 9.17) is 9.47 Å². The van der Waals surface area contributed by atoms with Crippen LogP contribution in [0.4, 0.5) is 21.4 Å². The molecule has 3 heterocycles. The van der Waals surface area contributed by atoms with Gasteiger partial charge >= 0.3 is 12.2 Å². The van der Waals surface area contributed by atoms with Gasteiger partial charge in [0.1, 0.15) is 19.0 Å². The number of carbonyl (C=O) groups excluding carboxylic acids is 2. The van der Waals surface area contributed by atoms with Gasteiger partial charge in [-0.05, 0) is 35.6 Å². The van der Waals surface area contributed by atoms with Crippen LogP contribution in [0.15, 0.2) is 66.9 Å². The fourth-order valence-corrected chi connectivity index (χ4v) is 5.09. The zero-order valence-corrected chi connectivity index (χ0v) is 23.9. The van der Waals surface area contributed by atoms with E-state index in [-0.39, 0.29) is 30.2 Å². The lowest BCUT2D eigenvalue weighted by atomic mass is 10.0. The van der Waals surface area contributed by atoms with Gasteiger partial charge in [-0.25, -0.2) is 14.6 Å². The molecule has 2 atom stereocenters. The largest absolute Gasteiger partial charge is 0.447 e. The van der Waals surface area contributed by atoms with Gasteiger partial charge in [0.25, 0.3) is 0 Å². The average molecular weight is 559 g/mol. The van der Waals surface area contributed by atoms with E-state index >= 15 is 0 Å². The van der Waals surface area contributed by atoms with Gasteiger partial charge in [0.05, 0.1) is 12.1 Å². The molecule has 2 fully saturated rings. The number of anilines is 2. The molecule has 0 radical (unpaired) electrons. The van der Waals surface area contributed by atoms with Crippen molar-refractivity contribution in [1.29, 1.82) is 0 Å². The number of benzene rings is 2. The molecule has 2 saturated heterocycles. The van der Waals surface area contributed by atoms with Gasteiger partial charge in [-0.2, -0.15) is 4.98 Å². The Morgan fingerprint density at radius 3 is 2.44 bits per heavy atom. The van der Waals surface area contributed by atoms with Gasteiger partial charge in [-0.3, -0.25) is 9.80 Å². The second-order valence-electron chi connectivity index (χ2n) is 10.9. The van der Waals surface area contributed by atoms with E-state index in [1.807, 2.05) is 30.3 Å². The van der Waals surface area contributed by atoms with Crippen LogP contribution in [0.3, 0.4) is 0 Å². The molecule has 0 bridgehead atoms. The molecule has 1 aromatic heterocycles. The Bertz CT molecular complexity index is 1310. The van der Waals surface area contributed by atoms with Gasteiger partial charge in [0.15, 0.2) is 0 Å². The van der Waals surface area contributed by atoms with Gasteiger partial charge in [-0.15, -0.1) is 0 Å². The number of rotatable bonds is 9. The molecule has 2 aliphatic rings. The van der Waals surface area contributed by atoms with Gasteiger partial charge in [0.2, 0.25) is 5.95 Å². The maximum Gasteiger partial charge on any atom is 0.415 e. The van der Waals surface area contributed by atoms with Gasteiger partial charge in [-0.1, -0.05) is 68.4 Å². The number of nitrogens with zero attached hydrogens (tertiary/aromatic N) is 5.